The highest BCUT2D eigenvalue weighted by molar-refractivity contribution is 6.06. The fraction of sp³-hybridized carbons (Fsp3) is 0.350. The third-order valence-corrected chi connectivity index (χ3v) is 4.63. The van der Waals surface area contributed by atoms with Crippen molar-refractivity contribution in [3.63, 3.8) is 0 Å². The number of anilines is 2. The third-order valence-electron chi connectivity index (χ3n) is 4.63. The van der Waals surface area contributed by atoms with Gasteiger partial charge in [0.05, 0.1) is 4.92 Å². The van der Waals surface area contributed by atoms with Crippen molar-refractivity contribution in [3.8, 4) is 0 Å². The molecule has 1 fully saturated rings. The summed E-state index contributed by atoms with van der Waals surface area (Å²) in [6.07, 6.45) is 3.64. The molecule has 1 aliphatic carbocycles. The van der Waals surface area contributed by atoms with Crippen LogP contribution in [0.25, 0.3) is 0 Å². The standard InChI is InChI=1S/C20H23N3O3/c1-3-13-6-5-7-14(4-2)19(13)22-20(24)15-8-11-17(21-16-9-10-16)18(12-15)23(25)26/h5-8,11-12,16,21H,3-4,9-10H2,1-2H3,(H,22,24). The molecule has 2 aromatic rings. The molecular weight excluding hydrogens is 330 g/mol. The number of amides is 1. The Kier molecular flexibility index (Phi) is 5.21. The molecule has 0 unspecified atom stereocenters. The minimum atomic E-state index is -0.445. The van der Waals surface area contributed by atoms with Crippen LogP contribution < -0.4 is 10.6 Å². The van der Waals surface area contributed by atoms with E-state index in [4.69, 9.17) is 0 Å². The molecule has 0 bridgehead atoms. The van der Waals surface area contributed by atoms with E-state index in [2.05, 4.69) is 10.6 Å². The average molecular weight is 353 g/mol. The van der Waals surface area contributed by atoms with Crippen LogP contribution in [-0.4, -0.2) is 16.9 Å². The third kappa shape index (κ3) is 3.85. The van der Waals surface area contributed by atoms with Gasteiger partial charge in [0.1, 0.15) is 5.69 Å². The van der Waals surface area contributed by atoms with Gasteiger partial charge in [0.2, 0.25) is 0 Å². The van der Waals surface area contributed by atoms with Gasteiger partial charge in [-0.15, -0.1) is 0 Å². The van der Waals surface area contributed by atoms with E-state index in [1.165, 1.54) is 6.07 Å². The molecule has 0 spiro atoms. The Morgan fingerprint density at radius 1 is 1.15 bits per heavy atom. The van der Waals surface area contributed by atoms with Crippen LogP contribution in [0.3, 0.4) is 0 Å². The van der Waals surface area contributed by atoms with Crippen molar-refractivity contribution in [3.05, 3.63) is 63.2 Å². The van der Waals surface area contributed by atoms with E-state index >= 15 is 0 Å². The maximum Gasteiger partial charge on any atom is 0.293 e. The summed E-state index contributed by atoms with van der Waals surface area (Å²) < 4.78 is 0. The van der Waals surface area contributed by atoms with Gasteiger partial charge in [-0.05, 0) is 48.9 Å². The first-order chi connectivity index (χ1) is 12.5. The van der Waals surface area contributed by atoms with Crippen LogP contribution in [0, 0.1) is 10.1 Å². The molecule has 3 rings (SSSR count). The number of carbonyl (C=O) groups excluding carboxylic acids is 1. The molecule has 0 radical (unpaired) electrons. The minimum Gasteiger partial charge on any atom is -0.377 e. The lowest BCUT2D eigenvalue weighted by atomic mass is 10.0. The van der Waals surface area contributed by atoms with Crippen molar-refractivity contribution in [2.24, 2.45) is 0 Å². The normalized spacial score (nSPS) is 13.3. The Labute approximate surface area is 152 Å². The summed E-state index contributed by atoms with van der Waals surface area (Å²) in [6.45, 7) is 4.07. The lowest BCUT2D eigenvalue weighted by molar-refractivity contribution is -0.384. The summed E-state index contributed by atoms with van der Waals surface area (Å²) in [7, 11) is 0. The Morgan fingerprint density at radius 3 is 2.35 bits per heavy atom. The molecule has 1 saturated carbocycles. The van der Waals surface area contributed by atoms with Gasteiger partial charge in [-0.1, -0.05) is 32.0 Å². The van der Waals surface area contributed by atoms with E-state index in [0.717, 1.165) is 42.5 Å². The van der Waals surface area contributed by atoms with E-state index in [1.54, 1.807) is 12.1 Å². The number of nitrogens with zero attached hydrogens (tertiary/aromatic N) is 1. The first-order valence-electron chi connectivity index (χ1n) is 9.00. The Balaban J connectivity index is 1.88. The van der Waals surface area contributed by atoms with Crippen LogP contribution in [0.5, 0.6) is 0 Å². The van der Waals surface area contributed by atoms with Gasteiger partial charge in [0.15, 0.2) is 0 Å². The number of nitro groups is 1. The van der Waals surface area contributed by atoms with Gasteiger partial charge in [0.25, 0.3) is 11.6 Å². The maximum absolute atomic E-state index is 12.7. The fourth-order valence-corrected chi connectivity index (χ4v) is 2.98. The van der Waals surface area contributed by atoms with Crippen LogP contribution in [0.1, 0.15) is 48.2 Å². The number of aryl methyl sites for hydroxylation is 2. The van der Waals surface area contributed by atoms with E-state index in [-0.39, 0.29) is 17.2 Å². The number of nitrogens with one attached hydrogen (secondary N) is 2. The zero-order valence-electron chi connectivity index (χ0n) is 15.0. The fourth-order valence-electron chi connectivity index (χ4n) is 2.98. The maximum atomic E-state index is 12.7. The topological polar surface area (TPSA) is 84.3 Å². The van der Waals surface area contributed by atoms with Crippen molar-refractivity contribution in [2.75, 3.05) is 10.6 Å². The molecule has 0 saturated heterocycles. The average Bonchev–Trinajstić information content (AvgIpc) is 3.45. The number of para-hydroxylation sites is 1. The second-order valence-electron chi connectivity index (χ2n) is 6.52. The highest BCUT2D eigenvalue weighted by Crippen LogP contribution is 2.32. The number of nitro benzene ring substituents is 1. The summed E-state index contributed by atoms with van der Waals surface area (Å²) >= 11 is 0. The highest BCUT2D eigenvalue weighted by Gasteiger charge is 2.25. The number of hydrogen-bond acceptors (Lipinski definition) is 4. The zero-order chi connectivity index (χ0) is 18.7. The molecular formula is C20H23N3O3. The molecule has 0 atom stereocenters. The number of hydrogen-bond donors (Lipinski definition) is 2. The summed E-state index contributed by atoms with van der Waals surface area (Å²) in [5.41, 5.74) is 3.61. The van der Waals surface area contributed by atoms with E-state index in [0.29, 0.717) is 11.7 Å². The van der Waals surface area contributed by atoms with Gasteiger partial charge >= 0.3 is 0 Å². The molecule has 0 heterocycles. The monoisotopic (exact) mass is 353 g/mol. The molecule has 1 amide bonds. The number of carbonyl (C=O) groups is 1. The van der Waals surface area contributed by atoms with Crippen molar-refractivity contribution in [1.29, 1.82) is 0 Å². The zero-order valence-corrected chi connectivity index (χ0v) is 15.0. The summed E-state index contributed by atoms with van der Waals surface area (Å²) in [5, 5.41) is 17.5. The Bertz CT molecular complexity index is 822. The second kappa shape index (κ2) is 7.56. The summed E-state index contributed by atoms with van der Waals surface area (Å²) in [6, 6.07) is 10.9. The second-order valence-corrected chi connectivity index (χ2v) is 6.52. The molecule has 2 aromatic carbocycles. The van der Waals surface area contributed by atoms with E-state index in [1.807, 2.05) is 32.0 Å². The van der Waals surface area contributed by atoms with Gasteiger partial charge in [-0.25, -0.2) is 0 Å². The molecule has 1 aliphatic rings. The van der Waals surface area contributed by atoms with Gasteiger partial charge in [-0.3, -0.25) is 14.9 Å². The highest BCUT2D eigenvalue weighted by atomic mass is 16.6. The summed E-state index contributed by atoms with van der Waals surface area (Å²) in [4.78, 5) is 23.7. The SMILES string of the molecule is CCc1cccc(CC)c1NC(=O)c1ccc(NC2CC2)c([N+](=O)[O-])c1. The molecule has 136 valence electrons. The Hall–Kier alpha value is -2.89. The van der Waals surface area contributed by atoms with Crippen LogP contribution in [0.4, 0.5) is 17.1 Å². The van der Waals surface area contributed by atoms with Crippen LogP contribution in [0.15, 0.2) is 36.4 Å². The predicted molar refractivity (Wildman–Crippen MR) is 103 cm³/mol. The van der Waals surface area contributed by atoms with Gasteiger partial charge < -0.3 is 10.6 Å². The minimum absolute atomic E-state index is 0.0657. The van der Waals surface area contributed by atoms with Gasteiger partial charge in [-0.2, -0.15) is 0 Å². The molecule has 0 aromatic heterocycles. The first-order valence-corrected chi connectivity index (χ1v) is 9.00. The van der Waals surface area contributed by atoms with Crippen molar-refractivity contribution < 1.29 is 9.72 Å². The van der Waals surface area contributed by atoms with E-state index in [9.17, 15) is 14.9 Å². The summed E-state index contributed by atoms with van der Waals surface area (Å²) in [5.74, 6) is -0.332. The van der Waals surface area contributed by atoms with Crippen LogP contribution in [0.2, 0.25) is 0 Å². The lowest BCUT2D eigenvalue weighted by Crippen LogP contribution is -2.15. The van der Waals surface area contributed by atoms with Gasteiger partial charge in [0, 0.05) is 23.4 Å². The molecule has 2 N–H and O–H groups in total. The van der Waals surface area contributed by atoms with Crippen LogP contribution >= 0.6 is 0 Å². The Morgan fingerprint density at radius 2 is 1.81 bits per heavy atom. The molecule has 26 heavy (non-hydrogen) atoms. The number of benzene rings is 2. The predicted octanol–water partition coefficient (Wildman–Crippen LogP) is 4.55. The van der Waals surface area contributed by atoms with Crippen LogP contribution in [-0.2, 0) is 12.8 Å². The largest absolute Gasteiger partial charge is 0.377 e. The van der Waals surface area contributed by atoms with Crippen molar-refractivity contribution in [1.82, 2.24) is 0 Å². The first kappa shape index (κ1) is 17.9. The molecule has 6 heteroatoms. The number of rotatable bonds is 7. The molecule has 6 nitrogen and oxygen atoms in total. The smallest absolute Gasteiger partial charge is 0.293 e. The molecule has 0 aliphatic heterocycles. The van der Waals surface area contributed by atoms with Crippen molar-refractivity contribution >= 4 is 23.0 Å². The lowest BCUT2D eigenvalue weighted by Gasteiger charge is -2.15. The quantitative estimate of drug-likeness (QED) is 0.565. The van der Waals surface area contributed by atoms with Crippen molar-refractivity contribution in [2.45, 2.75) is 45.6 Å². The van der Waals surface area contributed by atoms with E-state index < -0.39 is 4.92 Å².